The van der Waals surface area contributed by atoms with Gasteiger partial charge in [-0.2, -0.15) is 0 Å². The fraction of sp³-hybridized carbons (Fsp3) is 0.500. The minimum atomic E-state index is -0.230. The van der Waals surface area contributed by atoms with Crippen LogP contribution in [0.3, 0.4) is 0 Å². The van der Waals surface area contributed by atoms with Gasteiger partial charge in [-0.1, -0.05) is 6.08 Å². The second kappa shape index (κ2) is 6.07. The molecule has 0 N–H and O–H groups in total. The molecule has 2 heterocycles. The van der Waals surface area contributed by atoms with E-state index in [1.54, 1.807) is 0 Å². The van der Waals surface area contributed by atoms with Crippen LogP contribution in [0, 0.1) is 0 Å². The molecule has 0 amide bonds. The van der Waals surface area contributed by atoms with Gasteiger partial charge in [-0.25, -0.2) is 0 Å². The third-order valence-electron chi connectivity index (χ3n) is 4.12. The van der Waals surface area contributed by atoms with E-state index in [1.165, 1.54) is 0 Å². The number of ether oxygens (including phenoxy) is 1. The maximum atomic E-state index is 11.6. The number of aromatic nitrogens is 1. The summed E-state index contributed by atoms with van der Waals surface area (Å²) in [6, 6.07) is 3.83. The van der Waals surface area contributed by atoms with Gasteiger partial charge in [0.25, 0.3) is 0 Å². The van der Waals surface area contributed by atoms with E-state index >= 15 is 0 Å². The Bertz CT molecular complexity index is 518. The molecule has 1 aromatic rings. The number of carbonyl (C=O) groups excluding carboxylic acids is 2. The highest BCUT2D eigenvalue weighted by molar-refractivity contribution is 5.73. The van der Waals surface area contributed by atoms with Crippen LogP contribution >= 0.6 is 0 Å². The van der Waals surface area contributed by atoms with E-state index in [9.17, 15) is 9.59 Å². The SMILES string of the molecule is C=CC1(CCC(=O)OCC)CCCn2c(C=O)ccc21. The fourth-order valence-electron chi connectivity index (χ4n) is 3.07. The normalized spacial score (nSPS) is 21.1. The van der Waals surface area contributed by atoms with E-state index in [-0.39, 0.29) is 11.4 Å². The molecule has 2 rings (SSSR count). The van der Waals surface area contributed by atoms with E-state index in [2.05, 4.69) is 6.58 Å². The van der Waals surface area contributed by atoms with Gasteiger partial charge in [0.1, 0.15) is 0 Å². The molecule has 20 heavy (non-hydrogen) atoms. The minimum Gasteiger partial charge on any atom is -0.466 e. The summed E-state index contributed by atoms with van der Waals surface area (Å²) < 4.78 is 7.05. The van der Waals surface area contributed by atoms with Gasteiger partial charge in [-0.3, -0.25) is 9.59 Å². The first-order chi connectivity index (χ1) is 9.66. The topological polar surface area (TPSA) is 48.3 Å². The summed E-state index contributed by atoms with van der Waals surface area (Å²) in [7, 11) is 0. The number of aldehydes is 1. The first-order valence-electron chi connectivity index (χ1n) is 7.11. The molecule has 4 nitrogen and oxygen atoms in total. The zero-order valence-corrected chi connectivity index (χ0v) is 11.9. The minimum absolute atomic E-state index is 0.173. The lowest BCUT2D eigenvalue weighted by atomic mass is 9.74. The van der Waals surface area contributed by atoms with Crippen LogP contribution in [0.1, 0.15) is 48.8 Å². The Kier molecular flexibility index (Phi) is 4.42. The third kappa shape index (κ3) is 2.55. The molecule has 0 fully saturated rings. The van der Waals surface area contributed by atoms with Crippen molar-refractivity contribution in [2.45, 2.75) is 44.6 Å². The zero-order valence-electron chi connectivity index (χ0n) is 11.9. The van der Waals surface area contributed by atoms with Crippen LogP contribution in [-0.2, 0) is 21.5 Å². The number of carbonyl (C=O) groups is 2. The first kappa shape index (κ1) is 14.6. The summed E-state index contributed by atoms with van der Waals surface area (Å²) in [5.74, 6) is -0.173. The number of esters is 1. The van der Waals surface area contributed by atoms with Crippen molar-refractivity contribution in [2.75, 3.05) is 6.61 Å². The van der Waals surface area contributed by atoms with Crippen LogP contribution < -0.4 is 0 Å². The average molecular weight is 275 g/mol. The second-order valence-electron chi connectivity index (χ2n) is 5.18. The van der Waals surface area contributed by atoms with Crippen LogP contribution in [0.15, 0.2) is 24.8 Å². The monoisotopic (exact) mass is 275 g/mol. The highest BCUT2D eigenvalue weighted by atomic mass is 16.5. The van der Waals surface area contributed by atoms with Crippen molar-refractivity contribution in [3.05, 3.63) is 36.2 Å². The van der Waals surface area contributed by atoms with E-state index in [4.69, 9.17) is 4.74 Å². The van der Waals surface area contributed by atoms with Crippen molar-refractivity contribution >= 4 is 12.3 Å². The van der Waals surface area contributed by atoms with Gasteiger partial charge in [-0.15, -0.1) is 6.58 Å². The molecular weight excluding hydrogens is 254 g/mol. The Labute approximate surface area is 119 Å². The number of allylic oxidation sites excluding steroid dienone is 1. The molecule has 1 aromatic heterocycles. The van der Waals surface area contributed by atoms with Gasteiger partial charge in [-0.05, 0) is 38.3 Å². The van der Waals surface area contributed by atoms with Crippen molar-refractivity contribution in [1.29, 1.82) is 0 Å². The Morgan fingerprint density at radius 2 is 2.35 bits per heavy atom. The van der Waals surface area contributed by atoms with Crippen molar-refractivity contribution < 1.29 is 14.3 Å². The molecular formula is C16H21NO3. The number of nitrogens with zero attached hydrogens (tertiary/aromatic N) is 1. The largest absolute Gasteiger partial charge is 0.466 e. The predicted molar refractivity (Wildman–Crippen MR) is 76.8 cm³/mol. The third-order valence-corrected chi connectivity index (χ3v) is 4.12. The first-order valence-corrected chi connectivity index (χ1v) is 7.11. The summed E-state index contributed by atoms with van der Waals surface area (Å²) in [5, 5.41) is 0. The van der Waals surface area contributed by atoms with Crippen molar-refractivity contribution in [3.63, 3.8) is 0 Å². The van der Waals surface area contributed by atoms with E-state index < -0.39 is 0 Å². The highest BCUT2D eigenvalue weighted by Crippen LogP contribution is 2.40. The average Bonchev–Trinajstić information content (AvgIpc) is 2.89. The van der Waals surface area contributed by atoms with Crippen LogP contribution in [0.5, 0.6) is 0 Å². The quantitative estimate of drug-likeness (QED) is 0.455. The number of hydrogen-bond acceptors (Lipinski definition) is 3. The van der Waals surface area contributed by atoms with Gasteiger partial charge in [0, 0.05) is 24.1 Å². The summed E-state index contributed by atoms with van der Waals surface area (Å²) in [4.78, 5) is 22.7. The molecule has 0 aromatic carbocycles. The van der Waals surface area contributed by atoms with Crippen LogP contribution in [0.2, 0.25) is 0 Å². The Morgan fingerprint density at radius 1 is 1.55 bits per heavy atom. The van der Waals surface area contributed by atoms with Gasteiger partial charge in [0.2, 0.25) is 0 Å². The lowest BCUT2D eigenvalue weighted by Crippen LogP contribution is -2.32. The van der Waals surface area contributed by atoms with Gasteiger partial charge in [0.05, 0.1) is 12.3 Å². The summed E-state index contributed by atoms with van der Waals surface area (Å²) >= 11 is 0. The number of rotatable bonds is 6. The van der Waals surface area contributed by atoms with Crippen LogP contribution in [0.4, 0.5) is 0 Å². The molecule has 0 radical (unpaired) electrons. The molecule has 4 heteroatoms. The summed E-state index contributed by atoms with van der Waals surface area (Å²) in [6.45, 7) is 7.03. The molecule has 0 spiro atoms. The van der Waals surface area contributed by atoms with Crippen molar-refractivity contribution in [1.82, 2.24) is 4.57 Å². The summed E-state index contributed by atoms with van der Waals surface area (Å²) in [5.41, 5.74) is 1.55. The van der Waals surface area contributed by atoms with E-state index in [1.807, 2.05) is 29.7 Å². The number of hydrogen-bond donors (Lipinski definition) is 0. The Hall–Kier alpha value is -1.84. The van der Waals surface area contributed by atoms with Gasteiger partial charge >= 0.3 is 5.97 Å². The molecule has 108 valence electrons. The predicted octanol–water partition coefficient (Wildman–Crippen LogP) is 2.86. The smallest absolute Gasteiger partial charge is 0.305 e. The maximum Gasteiger partial charge on any atom is 0.305 e. The number of fused-ring (bicyclic) bond motifs is 1. The Balaban J connectivity index is 2.24. The van der Waals surface area contributed by atoms with E-state index in [0.29, 0.717) is 25.1 Å². The van der Waals surface area contributed by atoms with Crippen LogP contribution in [0.25, 0.3) is 0 Å². The molecule has 1 aliphatic rings. The van der Waals surface area contributed by atoms with Crippen molar-refractivity contribution in [2.24, 2.45) is 0 Å². The molecule has 1 atom stereocenters. The highest BCUT2D eigenvalue weighted by Gasteiger charge is 2.35. The zero-order chi connectivity index (χ0) is 14.6. The molecule has 1 unspecified atom stereocenters. The second-order valence-corrected chi connectivity index (χ2v) is 5.18. The van der Waals surface area contributed by atoms with Crippen LogP contribution in [-0.4, -0.2) is 23.4 Å². The van der Waals surface area contributed by atoms with Crippen molar-refractivity contribution in [3.8, 4) is 0 Å². The fourth-order valence-corrected chi connectivity index (χ4v) is 3.07. The molecule has 0 saturated carbocycles. The molecule has 0 saturated heterocycles. The van der Waals surface area contributed by atoms with Gasteiger partial charge in [0.15, 0.2) is 6.29 Å². The maximum absolute atomic E-state index is 11.6. The standard InChI is InChI=1S/C16H21NO3/c1-3-16(10-8-15(19)20-4-2)9-5-11-17-13(12-18)6-7-14(16)17/h3,6-7,12H,1,4-5,8-11H2,2H3. The Morgan fingerprint density at radius 3 is 3.00 bits per heavy atom. The molecule has 0 bridgehead atoms. The van der Waals surface area contributed by atoms with Gasteiger partial charge < -0.3 is 9.30 Å². The lowest BCUT2D eigenvalue weighted by molar-refractivity contribution is -0.143. The summed E-state index contributed by atoms with van der Waals surface area (Å²) in [6.07, 6.45) is 5.80. The molecule has 1 aliphatic heterocycles. The van der Waals surface area contributed by atoms with E-state index in [0.717, 1.165) is 31.4 Å². The molecule has 0 aliphatic carbocycles. The lowest BCUT2D eigenvalue weighted by Gasteiger charge is -2.36.